The van der Waals surface area contributed by atoms with Crippen molar-refractivity contribution in [1.29, 1.82) is 0 Å². The molecule has 1 saturated carbocycles. The first-order chi connectivity index (χ1) is 10.5. The van der Waals surface area contributed by atoms with Gasteiger partial charge in [-0.05, 0) is 31.7 Å². The molecule has 2 rings (SSSR count). The number of hydrogen-bond donors (Lipinski definition) is 2. The Balaban J connectivity index is 1.86. The highest BCUT2D eigenvalue weighted by atomic mass is 32.1. The van der Waals surface area contributed by atoms with Crippen LogP contribution in [0, 0.1) is 0 Å². The van der Waals surface area contributed by atoms with E-state index in [9.17, 15) is 9.90 Å². The smallest absolute Gasteiger partial charge is 0.252 e. The number of carbonyl (C=O) groups excluding carboxylic acids is 1. The van der Waals surface area contributed by atoms with Crippen LogP contribution >= 0.6 is 11.3 Å². The lowest BCUT2D eigenvalue weighted by Gasteiger charge is -2.23. The minimum Gasteiger partial charge on any atom is -0.388 e. The molecule has 1 aromatic rings. The molecule has 0 bridgehead atoms. The van der Waals surface area contributed by atoms with Gasteiger partial charge in [-0.2, -0.15) is 0 Å². The lowest BCUT2D eigenvalue weighted by Crippen LogP contribution is -2.41. The van der Waals surface area contributed by atoms with Gasteiger partial charge in [-0.25, -0.2) is 0 Å². The average molecular weight is 325 g/mol. The summed E-state index contributed by atoms with van der Waals surface area (Å²) in [6.07, 6.45) is 6.92. The summed E-state index contributed by atoms with van der Waals surface area (Å²) in [5.41, 5.74) is -0.221. The number of methoxy groups -OCH3 is 1. The Hall–Kier alpha value is -0.910. The molecule has 22 heavy (non-hydrogen) atoms. The second-order valence-corrected chi connectivity index (χ2v) is 7.44. The molecule has 1 amide bonds. The second kappa shape index (κ2) is 8.09. The number of amides is 1. The molecule has 1 unspecified atom stereocenters. The van der Waals surface area contributed by atoms with E-state index in [1.54, 1.807) is 25.4 Å². The molecule has 0 spiro atoms. The van der Waals surface area contributed by atoms with Gasteiger partial charge in [0.05, 0.1) is 11.2 Å². The summed E-state index contributed by atoms with van der Waals surface area (Å²) < 4.78 is 4.97. The number of ether oxygens (including phenoxy) is 1. The molecule has 1 heterocycles. The summed E-state index contributed by atoms with van der Waals surface area (Å²) in [4.78, 5) is 13.5. The largest absolute Gasteiger partial charge is 0.388 e. The molecule has 1 aliphatic carbocycles. The van der Waals surface area contributed by atoms with Gasteiger partial charge >= 0.3 is 0 Å². The van der Waals surface area contributed by atoms with Gasteiger partial charge in [-0.3, -0.25) is 4.79 Å². The van der Waals surface area contributed by atoms with E-state index in [1.807, 2.05) is 11.4 Å². The summed E-state index contributed by atoms with van der Waals surface area (Å²) in [6.45, 7) is 2.43. The van der Waals surface area contributed by atoms with Crippen molar-refractivity contribution >= 4 is 17.2 Å². The van der Waals surface area contributed by atoms with Crippen LogP contribution in [0.5, 0.6) is 0 Å². The van der Waals surface area contributed by atoms with Crippen molar-refractivity contribution in [3.63, 3.8) is 0 Å². The summed E-state index contributed by atoms with van der Waals surface area (Å²) >= 11 is 1.69. The maximum Gasteiger partial charge on any atom is 0.252 e. The van der Waals surface area contributed by atoms with Gasteiger partial charge in [0.15, 0.2) is 0 Å². The Kier molecular flexibility index (Phi) is 6.41. The molecule has 1 atom stereocenters. The third-order valence-electron chi connectivity index (χ3n) is 4.36. The highest BCUT2D eigenvalue weighted by Gasteiger charge is 2.22. The first-order valence-corrected chi connectivity index (χ1v) is 8.98. The first-order valence-electron chi connectivity index (χ1n) is 8.10. The van der Waals surface area contributed by atoms with Crippen molar-refractivity contribution in [3.8, 4) is 0 Å². The van der Waals surface area contributed by atoms with Crippen LogP contribution in [0.15, 0.2) is 11.4 Å². The second-order valence-electron chi connectivity index (χ2n) is 6.50. The zero-order valence-corrected chi connectivity index (χ0v) is 14.4. The van der Waals surface area contributed by atoms with Gasteiger partial charge in [-0.1, -0.05) is 19.3 Å². The third kappa shape index (κ3) is 5.07. The van der Waals surface area contributed by atoms with Crippen LogP contribution in [0.25, 0.3) is 0 Å². The zero-order valence-electron chi connectivity index (χ0n) is 13.6. The van der Waals surface area contributed by atoms with E-state index in [0.717, 1.165) is 0 Å². The van der Waals surface area contributed by atoms with E-state index in [4.69, 9.17) is 4.74 Å². The van der Waals surface area contributed by atoms with Crippen LogP contribution in [0.1, 0.15) is 66.6 Å². The molecule has 1 aromatic heterocycles. The van der Waals surface area contributed by atoms with E-state index >= 15 is 0 Å². The van der Waals surface area contributed by atoms with Gasteiger partial charge in [0.2, 0.25) is 0 Å². The normalized spacial score (nSPS) is 18.9. The highest BCUT2D eigenvalue weighted by Crippen LogP contribution is 2.35. The van der Waals surface area contributed by atoms with Gasteiger partial charge in [0.1, 0.15) is 0 Å². The summed E-state index contributed by atoms with van der Waals surface area (Å²) in [6, 6.07) is 2.03. The molecule has 1 aliphatic rings. The Morgan fingerprint density at radius 2 is 2.18 bits per heavy atom. The third-order valence-corrected chi connectivity index (χ3v) is 5.46. The molecular formula is C17H27NO3S. The van der Waals surface area contributed by atoms with Crippen LogP contribution in [0.4, 0.5) is 0 Å². The average Bonchev–Trinajstić information content (AvgIpc) is 3.02. The SMILES string of the molecule is COCCC(C)(O)CNC(=O)c1csc(C2CCCCC2)c1. The van der Waals surface area contributed by atoms with Gasteiger partial charge in [-0.15, -0.1) is 11.3 Å². The molecular weight excluding hydrogens is 298 g/mol. The number of hydrogen-bond acceptors (Lipinski definition) is 4. The van der Waals surface area contributed by atoms with Gasteiger partial charge < -0.3 is 15.2 Å². The number of carbonyl (C=O) groups is 1. The lowest BCUT2D eigenvalue weighted by molar-refractivity contribution is 0.0243. The van der Waals surface area contributed by atoms with Crippen LogP contribution < -0.4 is 5.32 Å². The van der Waals surface area contributed by atoms with E-state index in [1.165, 1.54) is 37.0 Å². The zero-order chi connectivity index (χ0) is 16.0. The predicted molar refractivity (Wildman–Crippen MR) is 89.6 cm³/mol. The monoisotopic (exact) mass is 325 g/mol. The fraction of sp³-hybridized carbons (Fsp3) is 0.706. The van der Waals surface area contributed by atoms with Crippen LogP contribution in [0.2, 0.25) is 0 Å². The van der Waals surface area contributed by atoms with Crippen LogP contribution in [0.3, 0.4) is 0 Å². The van der Waals surface area contributed by atoms with Crippen molar-refractivity contribution in [1.82, 2.24) is 5.32 Å². The number of rotatable bonds is 7. The van der Waals surface area contributed by atoms with Crippen molar-refractivity contribution in [3.05, 3.63) is 21.9 Å². The molecule has 124 valence electrons. The highest BCUT2D eigenvalue weighted by molar-refractivity contribution is 7.10. The first kappa shape index (κ1) is 17.4. The Morgan fingerprint density at radius 3 is 2.86 bits per heavy atom. The molecule has 4 nitrogen and oxygen atoms in total. The number of thiophene rings is 1. The molecule has 0 radical (unpaired) electrons. The molecule has 1 fully saturated rings. The Bertz CT molecular complexity index is 478. The fourth-order valence-electron chi connectivity index (χ4n) is 2.86. The number of aliphatic hydroxyl groups is 1. The minimum absolute atomic E-state index is 0.101. The van der Waals surface area contributed by atoms with Crippen LogP contribution in [-0.4, -0.2) is 36.9 Å². The Labute approximate surface area is 136 Å². The van der Waals surface area contributed by atoms with Crippen molar-refractivity contribution < 1.29 is 14.6 Å². The summed E-state index contributed by atoms with van der Waals surface area (Å²) in [5, 5.41) is 14.9. The van der Waals surface area contributed by atoms with E-state index in [2.05, 4.69) is 5.32 Å². The molecule has 0 aliphatic heterocycles. The predicted octanol–water partition coefficient (Wildman–Crippen LogP) is 3.31. The standard InChI is InChI=1S/C17H27NO3S/c1-17(20,8-9-21-2)12-18-16(19)14-10-15(22-11-14)13-6-4-3-5-7-13/h10-11,13,20H,3-9,12H2,1-2H3,(H,18,19). The number of nitrogens with one attached hydrogen (secondary N) is 1. The maximum absolute atomic E-state index is 12.2. The molecule has 0 saturated heterocycles. The van der Waals surface area contributed by atoms with Crippen molar-refractivity contribution in [2.24, 2.45) is 0 Å². The maximum atomic E-state index is 12.2. The summed E-state index contributed by atoms with van der Waals surface area (Å²) in [7, 11) is 1.60. The summed E-state index contributed by atoms with van der Waals surface area (Å²) in [5.74, 6) is 0.529. The lowest BCUT2D eigenvalue weighted by atomic mass is 9.88. The fourth-order valence-corrected chi connectivity index (χ4v) is 3.92. The van der Waals surface area contributed by atoms with E-state index < -0.39 is 5.60 Å². The van der Waals surface area contributed by atoms with Gasteiger partial charge in [0.25, 0.3) is 5.91 Å². The molecule has 0 aromatic carbocycles. The quantitative estimate of drug-likeness (QED) is 0.808. The van der Waals surface area contributed by atoms with Crippen molar-refractivity contribution in [2.45, 2.75) is 57.0 Å². The molecule has 5 heteroatoms. The van der Waals surface area contributed by atoms with E-state index in [0.29, 0.717) is 24.5 Å². The Morgan fingerprint density at radius 1 is 1.45 bits per heavy atom. The van der Waals surface area contributed by atoms with Gasteiger partial charge in [0, 0.05) is 36.9 Å². The van der Waals surface area contributed by atoms with Crippen LogP contribution in [-0.2, 0) is 4.74 Å². The van der Waals surface area contributed by atoms with E-state index in [-0.39, 0.29) is 12.5 Å². The van der Waals surface area contributed by atoms with Crippen molar-refractivity contribution in [2.75, 3.05) is 20.3 Å². The molecule has 2 N–H and O–H groups in total. The topological polar surface area (TPSA) is 58.6 Å². The minimum atomic E-state index is -0.937.